The monoisotopic (exact) mass is 524 g/mol. The van der Waals surface area contributed by atoms with Crippen molar-refractivity contribution >= 4 is 39.9 Å². The Bertz CT molecular complexity index is 1200. The molecule has 1 aliphatic rings. The molecule has 0 bridgehead atoms. The van der Waals surface area contributed by atoms with Crippen LogP contribution in [-0.4, -0.2) is 50.9 Å². The Labute approximate surface area is 207 Å². The van der Waals surface area contributed by atoms with Crippen molar-refractivity contribution < 1.29 is 22.8 Å². The van der Waals surface area contributed by atoms with Crippen LogP contribution < -0.4 is 10.6 Å². The van der Waals surface area contributed by atoms with Crippen LogP contribution in [0.5, 0.6) is 0 Å². The zero-order valence-electron chi connectivity index (χ0n) is 18.2. The SMILES string of the molecule is O=C(Nc1snnc1C(=O)NC(CN1CCCC1)c1ccc(Cl)cc1)c1cncc(C(F)(F)F)c1. The van der Waals surface area contributed by atoms with Crippen molar-refractivity contribution in [3.8, 4) is 0 Å². The molecule has 0 aliphatic carbocycles. The van der Waals surface area contributed by atoms with Crippen molar-refractivity contribution in [3.05, 3.63) is 70.1 Å². The molecule has 1 atom stereocenters. The summed E-state index contributed by atoms with van der Waals surface area (Å²) in [6.45, 7) is 2.41. The van der Waals surface area contributed by atoms with Gasteiger partial charge in [-0.05, 0) is 49.7 Å². The maximum atomic E-state index is 13.1. The summed E-state index contributed by atoms with van der Waals surface area (Å²) >= 11 is 6.75. The zero-order chi connectivity index (χ0) is 25.0. The summed E-state index contributed by atoms with van der Waals surface area (Å²) in [4.78, 5) is 31.4. The van der Waals surface area contributed by atoms with Crippen molar-refractivity contribution in [2.45, 2.75) is 25.1 Å². The molecule has 4 rings (SSSR count). The summed E-state index contributed by atoms with van der Waals surface area (Å²) in [7, 11) is 0. The fourth-order valence-corrected chi connectivity index (χ4v) is 4.38. The quantitative estimate of drug-likeness (QED) is 0.474. The van der Waals surface area contributed by atoms with Crippen LogP contribution in [0.25, 0.3) is 0 Å². The van der Waals surface area contributed by atoms with Crippen LogP contribution in [0.3, 0.4) is 0 Å². The van der Waals surface area contributed by atoms with E-state index in [-0.39, 0.29) is 22.3 Å². The number of alkyl halides is 3. The first-order chi connectivity index (χ1) is 16.7. The van der Waals surface area contributed by atoms with E-state index in [9.17, 15) is 22.8 Å². The molecule has 13 heteroatoms. The molecule has 2 N–H and O–H groups in total. The molecule has 2 amide bonds. The molecular weight excluding hydrogens is 505 g/mol. The topological polar surface area (TPSA) is 100 Å². The number of hydrogen-bond acceptors (Lipinski definition) is 7. The molecule has 8 nitrogen and oxygen atoms in total. The van der Waals surface area contributed by atoms with E-state index in [4.69, 9.17) is 11.6 Å². The van der Waals surface area contributed by atoms with E-state index >= 15 is 0 Å². The predicted molar refractivity (Wildman–Crippen MR) is 124 cm³/mol. The second-order valence-electron chi connectivity index (χ2n) is 7.95. The highest BCUT2D eigenvalue weighted by Gasteiger charge is 2.32. The second-order valence-corrected chi connectivity index (χ2v) is 9.14. The van der Waals surface area contributed by atoms with Gasteiger partial charge in [-0.2, -0.15) is 13.2 Å². The summed E-state index contributed by atoms with van der Waals surface area (Å²) in [5, 5.41) is 9.76. The van der Waals surface area contributed by atoms with Gasteiger partial charge in [0.05, 0.1) is 17.2 Å². The van der Waals surface area contributed by atoms with E-state index in [0.717, 1.165) is 49.2 Å². The Balaban J connectivity index is 1.50. The molecule has 3 heterocycles. The van der Waals surface area contributed by atoms with E-state index in [1.807, 2.05) is 12.1 Å². The second kappa shape index (κ2) is 10.7. The van der Waals surface area contributed by atoms with Crippen molar-refractivity contribution in [3.63, 3.8) is 0 Å². The van der Waals surface area contributed by atoms with Crippen LogP contribution in [0.2, 0.25) is 5.02 Å². The summed E-state index contributed by atoms with van der Waals surface area (Å²) < 4.78 is 42.6. The highest BCUT2D eigenvalue weighted by atomic mass is 35.5. The van der Waals surface area contributed by atoms with Crippen molar-refractivity contribution in [1.82, 2.24) is 24.8 Å². The minimum Gasteiger partial charge on any atom is -0.342 e. The average molecular weight is 525 g/mol. The molecule has 1 saturated heterocycles. The number of nitrogens with one attached hydrogen (secondary N) is 2. The Morgan fingerprint density at radius 1 is 1.11 bits per heavy atom. The minimum absolute atomic E-state index is 0.0148. The van der Waals surface area contributed by atoms with Crippen LogP contribution in [0.15, 0.2) is 42.7 Å². The van der Waals surface area contributed by atoms with Crippen LogP contribution in [0.1, 0.15) is 50.9 Å². The number of aromatic nitrogens is 3. The Kier molecular flexibility index (Phi) is 7.63. The van der Waals surface area contributed by atoms with Gasteiger partial charge in [0.2, 0.25) is 0 Å². The van der Waals surface area contributed by atoms with Gasteiger partial charge in [0.25, 0.3) is 11.8 Å². The van der Waals surface area contributed by atoms with Crippen molar-refractivity contribution in [2.24, 2.45) is 0 Å². The number of carbonyl (C=O) groups is 2. The summed E-state index contributed by atoms with van der Waals surface area (Å²) in [6, 6.07) is 7.43. The van der Waals surface area contributed by atoms with Crippen molar-refractivity contribution in [1.29, 1.82) is 0 Å². The van der Waals surface area contributed by atoms with E-state index in [0.29, 0.717) is 23.8 Å². The first kappa shape index (κ1) is 25.0. The molecule has 1 fully saturated rings. The number of hydrogen-bond donors (Lipinski definition) is 2. The fraction of sp³-hybridized carbons (Fsp3) is 0.318. The van der Waals surface area contributed by atoms with Gasteiger partial charge in [-0.3, -0.25) is 14.6 Å². The third-order valence-electron chi connectivity index (χ3n) is 5.48. The van der Waals surface area contributed by atoms with Gasteiger partial charge in [0.1, 0.15) is 5.00 Å². The van der Waals surface area contributed by atoms with Gasteiger partial charge >= 0.3 is 6.18 Å². The first-order valence-electron chi connectivity index (χ1n) is 10.7. The summed E-state index contributed by atoms with van der Waals surface area (Å²) in [6.07, 6.45) is -0.852. The van der Waals surface area contributed by atoms with E-state index in [1.165, 1.54) is 0 Å². The third-order valence-corrected chi connectivity index (χ3v) is 6.37. The van der Waals surface area contributed by atoms with Crippen LogP contribution in [0, 0.1) is 0 Å². The van der Waals surface area contributed by atoms with E-state index < -0.39 is 23.6 Å². The van der Waals surface area contributed by atoms with E-state index in [2.05, 4.69) is 30.1 Å². The number of benzene rings is 1. The Morgan fingerprint density at radius 2 is 1.83 bits per heavy atom. The lowest BCUT2D eigenvalue weighted by Gasteiger charge is -2.24. The summed E-state index contributed by atoms with van der Waals surface area (Å²) in [5.74, 6) is -1.44. The number of likely N-dealkylation sites (tertiary alicyclic amines) is 1. The van der Waals surface area contributed by atoms with Crippen molar-refractivity contribution in [2.75, 3.05) is 25.0 Å². The number of rotatable bonds is 7. The lowest BCUT2D eigenvalue weighted by Crippen LogP contribution is -2.37. The molecular formula is C22H20ClF3N6O2S. The smallest absolute Gasteiger partial charge is 0.342 e. The molecule has 1 unspecified atom stereocenters. The minimum atomic E-state index is -4.65. The average Bonchev–Trinajstić information content (AvgIpc) is 3.51. The van der Waals surface area contributed by atoms with E-state index in [1.54, 1.807) is 12.1 Å². The van der Waals surface area contributed by atoms with Crippen LogP contribution in [0.4, 0.5) is 18.2 Å². The van der Waals surface area contributed by atoms with Crippen LogP contribution >= 0.6 is 23.1 Å². The lowest BCUT2D eigenvalue weighted by atomic mass is 10.1. The fourth-order valence-electron chi connectivity index (χ4n) is 3.70. The third kappa shape index (κ3) is 6.32. The van der Waals surface area contributed by atoms with Gasteiger partial charge in [-0.1, -0.05) is 28.2 Å². The van der Waals surface area contributed by atoms with Gasteiger partial charge in [-0.25, -0.2) is 0 Å². The Hall–Kier alpha value is -3.09. The molecule has 1 aliphatic heterocycles. The number of nitrogens with zero attached hydrogens (tertiary/aromatic N) is 4. The standard InChI is InChI=1S/C22H20ClF3N6O2S/c23-16-5-3-13(4-6-16)17(12-32-7-1-2-8-32)28-20(34)18-21(35-31-30-18)29-19(33)14-9-15(11-27-10-14)22(24,25)26/h3-6,9-11,17H,1-2,7-8,12H2,(H,28,34)(H,29,33). The maximum absolute atomic E-state index is 13.1. The molecule has 3 aromatic rings. The molecule has 184 valence electrons. The number of halogens is 4. The molecule has 2 aromatic heterocycles. The lowest BCUT2D eigenvalue weighted by molar-refractivity contribution is -0.137. The highest BCUT2D eigenvalue weighted by molar-refractivity contribution is 7.10. The number of carbonyl (C=O) groups excluding carboxylic acids is 2. The zero-order valence-corrected chi connectivity index (χ0v) is 19.8. The normalized spacial score (nSPS) is 15.1. The first-order valence-corrected chi connectivity index (χ1v) is 11.8. The molecule has 1 aromatic carbocycles. The summed E-state index contributed by atoms with van der Waals surface area (Å²) in [5.41, 5.74) is -0.659. The van der Waals surface area contributed by atoms with Gasteiger partial charge in [-0.15, -0.1) is 5.10 Å². The maximum Gasteiger partial charge on any atom is 0.417 e. The van der Waals surface area contributed by atoms with Crippen LogP contribution in [-0.2, 0) is 6.18 Å². The number of anilines is 1. The number of pyridine rings is 1. The highest BCUT2D eigenvalue weighted by Crippen LogP contribution is 2.29. The molecule has 0 spiro atoms. The Morgan fingerprint density at radius 3 is 2.51 bits per heavy atom. The van der Waals surface area contributed by atoms with Gasteiger partial charge < -0.3 is 15.5 Å². The molecule has 35 heavy (non-hydrogen) atoms. The molecule has 0 saturated carbocycles. The predicted octanol–water partition coefficient (Wildman–Crippen LogP) is 4.42. The van der Waals surface area contributed by atoms with Gasteiger partial charge in [0.15, 0.2) is 5.69 Å². The largest absolute Gasteiger partial charge is 0.417 e. The van der Waals surface area contributed by atoms with Gasteiger partial charge in [0, 0.05) is 35.5 Å². The molecule has 0 radical (unpaired) electrons. The number of amides is 2.